The molecule has 1 heterocycles. The predicted molar refractivity (Wildman–Crippen MR) is 89.7 cm³/mol. The van der Waals surface area contributed by atoms with E-state index in [0.717, 1.165) is 36.8 Å². The number of rotatable bonds is 7. The van der Waals surface area contributed by atoms with Gasteiger partial charge in [-0.1, -0.05) is 25.1 Å². The lowest BCUT2D eigenvalue weighted by atomic mass is 10.1. The van der Waals surface area contributed by atoms with Gasteiger partial charge in [0.25, 0.3) is 0 Å². The zero-order valence-corrected chi connectivity index (χ0v) is 13.1. The van der Waals surface area contributed by atoms with Crippen LogP contribution in [0.25, 0.3) is 10.9 Å². The molecule has 0 aliphatic heterocycles. The van der Waals surface area contributed by atoms with Crippen LogP contribution in [0.1, 0.15) is 32.4 Å². The van der Waals surface area contributed by atoms with Crippen LogP contribution < -0.4 is 10.2 Å². The molecule has 112 valence electrons. The third-order valence-electron chi connectivity index (χ3n) is 4.20. The first-order valence-electron chi connectivity index (χ1n) is 8.16. The highest BCUT2D eigenvalue weighted by Crippen LogP contribution is 2.33. The van der Waals surface area contributed by atoms with Crippen LogP contribution in [0, 0.1) is 5.92 Å². The SMILES string of the molecule is CCNCc1cc(N(CC)CC2CC2)c2ccccc2n1. The summed E-state index contributed by atoms with van der Waals surface area (Å²) in [6, 6.07) is 10.8. The van der Waals surface area contributed by atoms with E-state index in [-0.39, 0.29) is 0 Å². The lowest BCUT2D eigenvalue weighted by molar-refractivity contribution is 0.709. The monoisotopic (exact) mass is 283 g/mol. The molecule has 0 spiro atoms. The number of nitrogens with one attached hydrogen (secondary N) is 1. The molecule has 0 atom stereocenters. The maximum absolute atomic E-state index is 4.80. The minimum atomic E-state index is 0.843. The van der Waals surface area contributed by atoms with Crippen molar-refractivity contribution in [1.82, 2.24) is 10.3 Å². The summed E-state index contributed by atoms with van der Waals surface area (Å²) >= 11 is 0. The zero-order chi connectivity index (χ0) is 14.7. The highest BCUT2D eigenvalue weighted by atomic mass is 15.1. The van der Waals surface area contributed by atoms with Crippen molar-refractivity contribution in [2.75, 3.05) is 24.5 Å². The molecule has 3 nitrogen and oxygen atoms in total. The van der Waals surface area contributed by atoms with Gasteiger partial charge in [-0.2, -0.15) is 0 Å². The first-order chi connectivity index (χ1) is 10.3. The van der Waals surface area contributed by atoms with Crippen molar-refractivity contribution >= 4 is 16.6 Å². The van der Waals surface area contributed by atoms with Crippen LogP contribution in [0.15, 0.2) is 30.3 Å². The van der Waals surface area contributed by atoms with Crippen LogP contribution in [0.3, 0.4) is 0 Å². The minimum Gasteiger partial charge on any atom is -0.371 e. The van der Waals surface area contributed by atoms with Gasteiger partial charge in [-0.25, -0.2) is 0 Å². The Morgan fingerprint density at radius 3 is 2.76 bits per heavy atom. The average molecular weight is 283 g/mol. The second-order valence-electron chi connectivity index (χ2n) is 5.91. The van der Waals surface area contributed by atoms with Gasteiger partial charge in [0.2, 0.25) is 0 Å². The van der Waals surface area contributed by atoms with E-state index in [1.54, 1.807) is 0 Å². The average Bonchev–Trinajstić information content (AvgIpc) is 3.34. The Labute approximate surface area is 127 Å². The van der Waals surface area contributed by atoms with Crippen molar-refractivity contribution in [3.05, 3.63) is 36.0 Å². The van der Waals surface area contributed by atoms with Gasteiger partial charge in [-0.3, -0.25) is 4.98 Å². The summed E-state index contributed by atoms with van der Waals surface area (Å²) in [6.45, 7) is 8.45. The summed E-state index contributed by atoms with van der Waals surface area (Å²) in [7, 11) is 0. The smallest absolute Gasteiger partial charge is 0.0726 e. The van der Waals surface area contributed by atoms with Crippen molar-refractivity contribution in [3.8, 4) is 0 Å². The number of para-hydroxylation sites is 1. The fourth-order valence-corrected chi connectivity index (χ4v) is 2.83. The molecule has 1 N–H and O–H groups in total. The molecule has 0 unspecified atom stereocenters. The van der Waals surface area contributed by atoms with E-state index in [4.69, 9.17) is 4.98 Å². The molecule has 0 amide bonds. The zero-order valence-electron chi connectivity index (χ0n) is 13.1. The van der Waals surface area contributed by atoms with Crippen molar-refractivity contribution in [1.29, 1.82) is 0 Å². The van der Waals surface area contributed by atoms with Crippen LogP contribution in [0.4, 0.5) is 5.69 Å². The molecule has 0 radical (unpaired) electrons. The number of aromatic nitrogens is 1. The second-order valence-corrected chi connectivity index (χ2v) is 5.91. The molecule has 1 saturated carbocycles. The Balaban J connectivity index is 1.99. The van der Waals surface area contributed by atoms with Gasteiger partial charge in [0.15, 0.2) is 0 Å². The topological polar surface area (TPSA) is 28.2 Å². The number of nitrogens with zero attached hydrogens (tertiary/aromatic N) is 2. The van der Waals surface area contributed by atoms with Crippen LogP contribution in [0.5, 0.6) is 0 Å². The highest BCUT2D eigenvalue weighted by molar-refractivity contribution is 5.92. The largest absolute Gasteiger partial charge is 0.371 e. The molecule has 1 aliphatic rings. The molecule has 0 saturated heterocycles. The second kappa shape index (κ2) is 6.44. The van der Waals surface area contributed by atoms with E-state index in [2.05, 4.69) is 54.4 Å². The Hall–Kier alpha value is -1.61. The molecule has 1 aliphatic carbocycles. The number of hydrogen-bond donors (Lipinski definition) is 1. The van der Waals surface area contributed by atoms with E-state index in [9.17, 15) is 0 Å². The van der Waals surface area contributed by atoms with Crippen LogP contribution in [-0.4, -0.2) is 24.6 Å². The molecule has 3 rings (SSSR count). The lowest BCUT2D eigenvalue weighted by Crippen LogP contribution is -2.26. The standard InChI is InChI=1S/C18H25N3/c1-3-19-12-15-11-18(21(4-2)13-14-9-10-14)16-7-5-6-8-17(16)20-15/h5-8,11,14,19H,3-4,9-10,12-13H2,1-2H3. The fourth-order valence-electron chi connectivity index (χ4n) is 2.83. The maximum Gasteiger partial charge on any atom is 0.0726 e. The van der Waals surface area contributed by atoms with Gasteiger partial charge < -0.3 is 10.2 Å². The van der Waals surface area contributed by atoms with Crippen LogP contribution >= 0.6 is 0 Å². The number of fused-ring (bicyclic) bond motifs is 1. The Bertz CT molecular complexity index is 604. The van der Waals surface area contributed by atoms with Gasteiger partial charge in [0, 0.05) is 30.7 Å². The first kappa shape index (κ1) is 14.3. The molecule has 1 aromatic heterocycles. The molecular formula is C18H25N3. The summed E-state index contributed by atoms with van der Waals surface area (Å²) < 4.78 is 0. The normalized spacial score (nSPS) is 14.6. The van der Waals surface area contributed by atoms with Crippen molar-refractivity contribution in [3.63, 3.8) is 0 Å². The van der Waals surface area contributed by atoms with E-state index >= 15 is 0 Å². The number of benzene rings is 1. The van der Waals surface area contributed by atoms with Crippen molar-refractivity contribution < 1.29 is 0 Å². The third-order valence-corrected chi connectivity index (χ3v) is 4.20. The fraction of sp³-hybridized carbons (Fsp3) is 0.500. The lowest BCUT2D eigenvalue weighted by Gasteiger charge is -2.25. The molecular weight excluding hydrogens is 258 g/mol. The third kappa shape index (κ3) is 3.35. The van der Waals surface area contributed by atoms with E-state index in [1.165, 1.54) is 30.5 Å². The Kier molecular flexibility index (Phi) is 4.39. The molecule has 2 aromatic rings. The molecule has 0 bridgehead atoms. The highest BCUT2D eigenvalue weighted by Gasteiger charge is 2.24. The van der Waals surface area contributed by atoms with Gasteiger partial charge >= 0.3 is 0 Å². The molecule has 3 heteroatoms. The van der Waals surface area contributed by atoms with Gasteiger partial charge in [0.1, 0.15) is 0 Å². The van der Waals surface area contributed by atoms with Gasteiger partial charge in [-0.15, -0.1) is 0 Å². The predicted octanol–water partition coefficient (Wildman–Crippen LogP) is 3.58. The van der Waals surface area contributed by atoms with Crippen LogP contribution in [-0.2, 0) is 6.54 Å². The van der Waals surface area contributed by atoms with E-state index in [1.807, 2.05) is 0 Å². The first-order valence-corrected chi connectivity index (χ1v) is 8.16. The van der Waals surface area contributed by atoms with E-state index < -0.39 is 0 Å². The van der Waals surface area contributed by atoms with Crippen molar-refractivity contribution in [2.24, 2.45) is 5.92 Å². The van der Waals surface area contributed by atoms with Crippen molar-refractivity contribution in [2.45, 2.75) is 33.2 Å². The van der Waals surface area contributed by atoms with Gasteiger partial charge in [0.05, 0.1) is 11.2 Å². The summed E-state index contributed by atoms with van der Waals surface area (Å²) in [6.07, 6.45) is 2.79. The van der Waals surface area contributed by atoms with E-state index in [0.29, 0.717) is 0 Å². The molecule has 1 fully saturated rings. The summed E-state index contributed by atoms with van der Waals surface area (Å²) in [5.41, 5.74) is 3.60. The minimum absolute atomic E-state index is 0.843. The van der Waals surface area contributed by atoms with Crippen LogP contribution in [0.2, 0.25) is 0 Å². The molecule has 1 aromatic carbocycles. The number of hydrogen-bond acceptors (Lipinski definition) is 3. The quantitative estimate of drug-likeness (QED) is 0.842. The number of anilines is 1. The van der Waals surface area contributed by atoms with Gasteiger partial charge in [-0.05, 0) is 44.4 Å². The Morgan fingerprint density at radius 1 is 1.24 bits per heavy atom. The summed E-state index contributed by atoms with van der Waals surface area (Å²) in [5, 5.41) is 4.66. The summed E-state index contributed by atoms with van der Waals surface area (Å²) in [4.78, 5) is 7.32. The molecule has 21 heavy (non-hydrogen) atoms. The Morgan fingerprint density at radius 2 is 2.05 bits per heavy atom. The summed E-state index contributed by atoms with van der Waals surface area (Å²) in [5.74, 6) is 0.897. The number of pyridine rings is 1. The maximum atomic E-state index is 4.80.